The Balaban J connectivity index is 1.57. The molecule has 0 unspecified atom stereocenters. The van der Waals surface area contributed by atoms with Crippen molar-refractivity contribution in [2.75, 3.05) is 0 Å². The molecule has 3 aromatic rings. The molecule has 2 aromatic heterocycles. The first-order valence-electron chi connectivity index (χ1n) is 7.78. The van der Waals surface area contributed by atoms with Crippen molar-refractivity contribution in [1.82, 2.24) is 25.0 Å². The number of carbonyl (C=O) groups is 1. The standard InChI is InChI=1S/C17H17FN6O2/c1-12-14(16(18)23(2)21-12)10-19-20-17(25)15-8-9-24(22-15)11-26-13-6-4-3-5-7-13/h3-10H,11H2,1-2H3,(H,20,25)/b19-10-. The second-order valence-corrected chi connectivity index (χ2v) is 5.44. The van der Waals surface area contributed by atoms with E-state index in [2.05, 4.69) is 20.7 Å². The van der Waals surface area contributed by atoms with Gasteiger partial charge in [-0.3, -0.25) is 4.79 Å². The van der Waals surface area contributed by atoms with Crippen LogP contribution in [-0.4, -0.2) is 31.7 Å². The minimum absolute atomic E-state index is 0.167. The van der Waals surface area contributed by atoms with Crippen LogP contribution in [0.1, 0.15) is 21.7 Å². The highest BCUT2D eigenvalue weighted by molar-refractivity contribution is 5.93. The molecule has 26 heavy (non-hydrogen) atoms. The molecule has 0 aliphatic carbocycles. The molecule has 0 aliphatic rings. The van der Waals surface area contributed by atoms with Crippen LogP contribution in [0.5, 0.6) is 5.75 Å². The van der Waals surface area contributed by atoms with Gasteiger partial charge in [0.15, 0.2) is 12.4 Å². The number of halogens is 1. The zero-order chi connectivity index (χ0) is 18.5. The summed E-state index contributed by atoms with van der Waals surface area (Å²) in [6, 6.07) is 10.8. The summed E-state index contributed by atoms with van der Waals surface area (Å²) in [6.45, 7) is 1.82. The smallest absolute Gasteiger partial charge is 0.291 e. The van der Waals surface area contributed by atoms with E-state index in [4.69, 9.17) is 4.74 Å². The molecule has 0 atom stereocenters. The molecular formula is C17H17FN6O2. The summed E-state index contributed by atoms with van der Waals surface area (Å²) < 4.78 is 21.9. The van der Waals surface area contributed by atoms with E-state index in [9.17, 15) is 9.18 Å². The fraction of sp³-hybridized carbons (Fsp3) is 0.176. The number of hydrogen-bond acceptors (Lipinski definition) is 5. The van der Waals surface area contributed by atoms with Crippen LogP contribution in [-0.2, 0) is 13.8 Å². The average molecular weight is 356 g/mol. The fourth-order valence-corrected chi connectivity index (χ4v) is 2.22. The number of aromatic nitrogens is 4. The lowest BCUT2D eigenvalue weighted by molar-refractivity contribution is 0.0948. The van der Waals surface area contributed by atoms with E-state index in [1.165, 1.54) is 24.0 Å². The monoisotopic (exact) mass is 356 g/mol. The van der Waals surface area contributed by atoms with E-state index in [-0.39, 0.29) is 18.0 Å². The van der Waals surface area contributed by atoms with E-state index in [0.29, 0.717) is 11.4 Å². The molecule has 0 saturated heterocycles. The zero-order valence-electron chi connectivity index (χ0n) is 14.3. The number of nitrogens with one attached hydrogen (secondary N) is 1. The number of hydrazone groups is 1. The van der Waals surface area contributed by atoms with Gasteiger partial charge in [0, 0.05) is 13.2 Å². The van der Waals surface area contributed by atoms with E-state index < -0.39 is 11.9 Å². The lowest BCUT2D eigenvalue weighted by Gasteiger charge is -2.05. The van der Waals surface area contributed by atoms with E-state index in [0.717, 1.165) is 4.68 Å². The molecule has 0 bridgehead atoms. The van der Waals surface area contributed by atoms with Crippen molar-refractivity contribution in [1.29, 1.82) is 0 Å². The van der Waals surface area contributed by atoms with Gasteiger partial charge in [-0.1, -0.05) is 18.2 Å². The van der Waals surface area contributed by atoms with Gasteiger partial charge < -0.3 is 4.74 Å². The number of ether oxygens (including phenoxy) is 1. The molecule has 8 nitrogen and oxygen atoms in total. The van der Waals surface area contributed by atoms with Gasteiger partial charge in [0.05, 0.1) is 17.5 Å². The SMILES string of the molecule is Cc1nn(C)c(F)c1/C=N\NC(=O)c1ccn(COc2ccccc2)n1. The summed E-state index contributed by atoms with van der Waals surface area (Å²) in [5.74, 6) is -0.336. The maximum absolute atomic E-state index is 13.8. The highest BCUT2D eigenvalue weighted by atomic mass is 19.1. The maximum atomic E-state index is 13.8. The molecule has 0 aliphatic heterocycles. The summed E-state index contributed by atoms with van der Waals surface area (Å²) in [5, 5.41) is 11.8. The van der Waals surface area contributed by atoms with Crippen LogP contribution in [0.4, 0.5) is 4.39 Å². The second-order valence-electron chi connectivity index (χ2n) is 5.44. The molecule has 2 heterocycles. The minimum Gasteiger partial charge on any atom is -0.471 e. The molecule has 0 fully saturated rings. The van der Waals surface area contributed by atoms with Crippen LogP contribution in [0, 0.1) is 12.9 Å². The molecule has 1 N–H and O–H groups in total. The Morgan fingerprint density at radius 3 is 2.77 bits per heavy atom. The van der Waals surface area contributed by atoms with Gasteiger partial charge in [-0.2, -0.15) is 19.7 Å². The summed E-state index contributed by atoms with van der Waals surface area (Å²) in [7, 11) is 1.49. The fourth-order valence-electron chi connectivity index (χ4n) is 2.22. The number of aryl methyl sites for hydroxylation is 2. The van der Waals surface area contributed by atoms with Crippen molar-refractivity contribution in [3.05, 3.63) is 65.5 Å². The van der Waals surface area contributed by atoms with Crippen molar-refractivity contribution in [3.63, 3.8) is 0 Å². The molecule has 9 heteroatoms. The van der Waals surface area contributed by atoms with Gasteiger partial charge in [0.1, 0.15) is 5.75 Å². The molecule has 0 spiro atoms. The summed E-state index contributed by atoms with van der Waals surface area (Å²) in [5.41, 5.74) is 3.17. The zero-order valence-corrected chi connectivity index (χ0v) is 14.3. The quantitative estimate of drug-likeness (QED) is 0.540. The van der Waals surface area contributed by atoms with Crippen molar-refractivity contribution in [2.45, 2.75) is 13.7 Å². The highest BCUT2D eigenvalue weighted by Gasteiger charge is 2.12. The van der Waals surface area contributed by atoms with Crippen LogP contribution in [0.15, 0.2) is 47.7 Å². The first-order valence-corrected chi connectivity index (χ1v) is 7.78. The average Bonchev–Trinajstić information content (AvgIpc) is 3.21. The van der Waals surface area contributed by atoms with Crippen LogP contribution >= 0.6 is 0 Å². The topological polar surface area (TPSA) is 86.3 Å². The Labute approximate surface area is 148 Å². The lowest BCUT2D eigenvalue weighted by Crippen LogP contribution is -2.19. The van der Waals surface area contributed by atoms with Crippen molar-refractivity contribution < 1.29 is 13.9 Å². The van der Waals surface area contributed by atoms with Crippen LogP contribution < -0.4 is 10.2 Å². The number of carbonyl (C=O) groups excluding carboxylic acids is 1. The van der Waals surface area contributed by atoms with Crippen molar-refractivity contribution in [2.24, 2.45) is 12.1 Å². The Kier molecular flexibility index (Phi) is 5.07. The predicted octanol–water partition coefficient (Wildman–Crippen LogP) is 1.86. The number of benzene rings is 1. The molecule has 1 aromatic carbocycles. The molecular weight excluding hydrogens is 339 g/mol. The highest BCUT2D eigenvalue weighted by Crippen LogP contribution is 2.09. The van der Waals surface area contributed by atoms with Crippen LogP contribution in [0.2, 0.25) is 0 Å². The number of para-hydroxylation sites is 1. The minimum atomic E-state index is -0.525. The lowest BCUT2D eigenvalue weighted by atomic mass is 10.3. The number of rotatable bonds is 6. The largest absolute Gasteiger partial charge is 0.471 e. The molecule has 134 valence electrons. The van der Waals surface area contributed by atoms with Gasteiger partial charge in [0.25, 0.3) is 5.91 Å². The normalized spacial score (nSPS) is 11.0. The van der Waals surface area contributed by atoms with Gasteiger partial charge in [0.2, 0.25) is 5.95 Å². The Morgan fingerprint density at radius 1 is 1.31 bits per heavy atom. The Bertz CT molecular complexity index is 932. The summed E-state index contributed by atoms with van der Waals surface area (Å²) in [4.78, 5) is 12.0. The number of amides is 1. The second kappa shape index (κ2) is 7.60. The molecule has 1 amide bonds. The first kappa shape index (κ1) is 17.3. The summed E-state index contributed by atoms with van der Waals surface area (Å²) >= 11 is 0. The third-order valence-electron chi connectivity index (χ3n) is 3.54. The van der Waals surface area contributed by atoms with Crippen molar-refractivity contribution in [3.8, 4) is 5.75 Å². The molecule has 0 saturated carbocycles. The maximum Gasteiger partial charge on any atom is 0.291 e. The number of nitrogens with zero attached hydrogens (tertiary/aromatic N) is 5. The summed E-state index contributed by atoms with van der Waals surface area (Å²) in [6.07, 6.45) is 2.83. The van der Waals surface area contributed by atoms with E-state index >= 15 is 0 Å². The van der Waals surface area contributed by atoms with Gasteiger partial charge in [-0.05, 0) is 25.1 Å². The third kappa shape index (κ3) is 3.94. The van der Waals surface area contributed by atoms with Crippen LogP contribution in [0.3, 0.4) is 0 Å². The number of hydrogen-bond donors (Lipinski definition) is 1. The van der Waals surface area contributed by atoms with Crippen LogP contribution in [0.25, 0.3) is 0 Å². The molecule has 3 rings (SSSR count). The van der Waals surface area contributed by atoms with Crippen molar-refractivity contribution >= 4 is 12.1 Å². The molecule has 0 radical (unpaired) electrons. The Morgan fingerprint density at radius 2 is 2.08 bits per heavy atom. The Hall–Kier alpha value is -3.49. The van der Waals surface area contributed by atoms with Gasteiger partial charge in [-0.25, -0.2) is 14.8 Å². The van der Waals surface area contributed by atoms with Gasteiger partial charge in [-0.15, -0.1) is 0 Å². The van der Waals surface area contributed by atoms with E-state index in [1.807, 2.05) is 30.3 Å². The predicted molar refractivity (Wildman–Crippen MR) is 92.3 cm³/mol. The van der Waals surface area contributed by atoms with E-state index in [1.54, 1.807) is 13.1 Å². The van der Waals surface area contributed by atoms with Gasteiger partial charge >= 0.3 is 0 Å². The third-order valence-corrected chi connectivity index (χ3v) is 3.54. The first-order chi connectivity index (χ1) is 12.5.